The molecule has 0 bridgehead atoms. The molecular weight excluding hydrogens is 314 g/mol. The van der Waals surface area contributed by atoms with Gasteiger partial charge in [-0.15, -0.1) is 15.3 Å². The molecule has 124 valence electrons. The predicted molar refractivity (Wildman–Crippen MR) is 94.3 cm³/mol. The second-order valence-electron chi connectivity index (χ2n) is 6.00. The summed E-state index contributed by atoms with van der Waals surface area (Å²) >= 11 is 0. The minimum absolute atomic E-state index is 0.368. The van der Waals surface area contributed by atoms with E-state index in [1.54, 1.807) is 4.68 Å². The fraction of sp³-hybridized carbons (Fsp3) is 0.158. The molecular formula is C19H17N5O. The van der Waals surface area contributed by atoms with Gasteiger partial charge in [-0.25, -0.2) is 4.68 Å². The normalized spacial score (nSPS) is 11.0. The van der Waals surface area contributed by atoms with Crippen LogP contribution in [0.15, 0.2) is 52.9 Å². The molecule has 0 atom stereocenters. The van der Waals surface area contributed by atoms with E-state index in [9.17, 15) is 0 Å². The van der Waals surface area contributed by atoms with Crippen molar-refractivity contribution in [2.45, 2.75) is 20.8 Å². The van der Waals surface area contributed by atoms with Crippen LogP contribution in [0.25, 0.3) is 28.7 Å². The monoisotopic (exact) mass is 331 g/mol. The quantitative estimate of drug-likeness (QED) is 0.569. The van der Waals surface area contributed by atoms with E-state index in [0.717, 1.165) is 22.5 Å². The number of para-hydroxylation sites is 1. The van der Waals surface area contributed by atoms with E-state index in [1.165, 1.54) is 5.56 Å². The molecule has 0 amide bonds. The van der Waals surface area contributed by atoms with Crippen molar-refractivity contribution in [3.05, 3.63) is 65.4 Å². The molecule has 2 aromatic heterocycles. The molecule has 6 heteroatoms. The van der Waals surface area contributed by atoms with Gasteiger partial charge in [0.1, 0.15) is 0 Å². The third-order valence-corrected chi connectivity index (χ3v) is 4.16. The Morgan fingerprint density at radius 1 is 0.800 bits per heavy atom. The smallest absolute Gasteiger partial charge is 0.270 e. The first-order valence-electron chi connectivity index (χ1n) is 8.02. The number of rotatable bonds is 3. The molecule has 0 aliphatic heterocycles. The zero-order chi connectivity index (χ0) is 17.4. The second-order valence-corrected chi connectivity index (χ2v) is 6.00. The number of aromatic nitrogens is 5. The van der Waals surface area contributed by atoms with E-state index >= 15 is 0 Å². The van der Waals surface area contributed by atoms with Crippen molar-refractivity contribution in [2.24, 2.45) is 0 Å². The second kappa shape index (κ2) is 5.98. The summed E-state index contributed by atoms with van der Waals surface area (Å²) in [5.41, 5.74) is 5.61. The number of benzene rings is 2. The van der Waals surface area contributed by atoms with Crippen LogP contribution in [0.1, 0.15) is 16.8 Å². The largest absolute Gasteiger partial charge is 0.414 e. The van der Waals surface area contributed by atoms with Gasteiger partial charge in [0.2, 0.25) is 5.89 Å². The van der Waals surface area contributed by atoms with E-state index < -0.39 is 0 Å². The Labute approximate surface area is 145 Å². The van der Waals surface area contributed by atoms with Gasteiger partial charge in [-0.05, 0) is 44.5 Å². The standard InChI is InChI=1S/C19H17N5O/c1-12-8-10-15(11-9-12)18-21-22-19(25-18)17-14(3)24(23-20-17)16-7-5-4-6-13(16)2/h4-11H,1-3H3. The van der Waals surface area contributed by atoms with Crippen molar-refractivity contribution >= 4 is 0 Å². The number of nitrogens with zero attached hydrogens (tertiary/aromatic N) is 5. The summed E-state index contributed by atoms with van der Waals surface area (Å²) in [6, 6.07) is 16.0. The first kappa shape index (κ1) is 15.3. The van der Waals surface area contributed by atoms with Crippen molar-refractivity contribution in [1.29, 1.82) is 0 Å². The van der Waals surface area contributed by atoms with Gasteiger partial charge in [-0.1, -0.05) is 41.1 Å². The van der Waals surface area contributed by atoms with Gasteiger partial charge < -0.3 is 4.42 Å². The first-order chi connectivity index (χ1) is 12.1. The maximum absolute atomic E-state index is 5.82. The van der Waals surface area contributed by atoms with E-state index in [2.05, 4.69) is 20.5 Å². The van der Waals surface area contributed by atoms with Gasteiger partial charge in [0.25, 0.3) is 5.89 Å². The third kappa shape index (κ3) is 2.71. The average molecular weight is 331 g/mol. The topological polar surface area (TPSA) is 69.6 Å². The summed E-state index contributed by atoms with van der Waals surface area (Å²) in [7, 11) is 0. The predicted octanol–water partition coefficient (Wildman–Crippen LogP) is 3.91. The van der Waals surface area contributed by atoms with Crippen molar-refractivity contribution in [1.82, 2.24) is 25.2 Å². The highest BCUT2D eigenvalue weighted by molar-refractivity contribution is 5.57. The molecule has 0 unspecified atom stereocenters. The number of hydrogen-bond donors (Lipinski definition) is 0. The molecule has 0 radical (unpaired) electrons. The van der Waals surface area contributed by atoms with Crippen LogP contribution in [0, 0.1) is 20.8 Å². The van der Waals surface area contributed by atoms with Crippen molar-refractivity contribution in [3.63, 3.8) is 0 Å². The lowest BCUT2D eigenvalue weighted by Crippen LogP contribution is -2.01. The van der Waals surface area contributed by atoms with Crippen LogP contribution >= 0.6 is 0 Å². The molecule has 0 aliphatic carbocycles. The van der Waals surface area contributed by atoms with Crippen LogP contribution in [-0.2, 0) is 0 Å². The molecule has 0 aliphatic rings. The lowest BCUT2D eigenvalue weighted by atomic mass is 10.1. The lowest BCUT2D eigenvalue weighted by Gasteiger charge is -2.06. The third-order valence-electron chi connectivity index (χ3n) is 4.16. The molecule has 0 fully saturated rings. The van der Waals surface area contributed by atoms with E-state index in [1.807, 2.05) is 69.3 Å². The van der Waals surface area contributed by atoms with E-state index in [4.69, 9.17) is 4.42 Å². The Hall–Kier alpha value is -3.28. The van der Waals surface area contributed by atoms with E-state index in [-0.39, 0.29) is 0 Å². The summed E-state index contributed by atoms with van der Waals surface area (Å²) in [5, 5.41) is 16.8. The van der Waals surface area contributed by atoms with Crippen molar-refractivity contribution in [3.8, 4) is 28.7 Å². The molecule has 2 heterocycles. The van der Waals surface area contributed by atoms with Gasteiger partial charge in [0.15, 0.2) is 5.69 Å². The molecule has 4 rings (SSSR count). The van der Waals surface area contributed by atoms with E-state index in [0.29, 0.717) is 17.5 Å². The van der Waals surface area contributed by atoms with Crippen LogP contribution in [-0.4, -0.2) is 25.2 Å². The van der Waals surface area contributed by atoms with Crippen LogP contribution < -0.4 is 0 Å². The molecule has 6 nitrogen and oxygen atoms in total. The maximum Gasteiger partial charge on any atom is 0.270 e. The lowest BCUT2D eigenvalue weighted by molar-refractivity contribution is 0.581. The molecule has 25 heavy (non-hydrogen) atoms. The van der Waals surface area contributed by atoms with Crippen molar-refractivity contribution in [2.75, 3.05) is 0 Å². The maximum atomic E-state index is 5.82. The van der Waals surface area contributed by atoms with Gasteiger partial charge >= 0.3 is 0 Å². The fourth-order valence-electron chi connectivity index (χ4n) is 2.69. The van der Waals surface area contributed by atoms with Crippen LogP contribution in [0.4, 0.5) is 0 Å². The van der Waals surface area contributed by atoms with Gasteiger partial charge in [0, 0.05) is 5.56 Å². The molecule has 0 saturated carbocycles. The van der Waals surface area contributed by atoms with Crippen LogP contribution in [0.5, 0.6) is 0 Å². The Morgan fingerprint density at radius 3 is 2.28 bits per heavy atom. The number of aryl methyl sites for hydroxylation is 2. The summed E-state index contributed by atoms with van der Waals surface area (Å²) in [5.74, 6) is 0.841. The molecule has 0 spiro atoms. The highest BCUT2D eigenvalue weighted by atomic mass is 16.4. The summed E-state index contributed by atoms with van der Waals surface area (Å²) in [4.78, 5) is 0. The van der Waals surface area contributed by atoms with Crippen molar-refractivity contribution < 1.29 is 4.42 Å². The minimum Gasteiger partial charge on any atom is -0.414 e. The van der Waals surface area contributed by atoms with Gasteiger partial charge in [-0.2, -0.15) is 0 Å². The SMILES string of the molecule is Cc1ccc(-c2nnc(-c3nnn(-c4ccccc4C)c3C)o2)cc1. The molecule has 0 saturated heterocycles. The average Bonchev–Trinajstić information content (AvgIpc) is 3.23. The Bertz CT molecular complexity index is 1030. The summed E-state index contributed by atoms with van der Waals surface area (Å²) in [6.45, 7) is 6.02. The molecule has 4 aromatic rings. The highest BCUT2D eigenvalue weighted by Crippen LogP contribution is 2.26. The van der Waals surface area contributed by atoms with Crippen LogP contribution in [0.2, 0.25) is 0 Å². The van der Waals surface area contributed by atoms with Crippen LogP contribution in [0.3, 0.4) is 0 Å². The highest BCUT2D eigenvalue weighted by Gasteiger charge is 2.19. The Kier molecular flexibility index (Phi) is 3.65. The zero-order valence-electron chi connectivity index (χ0n) is 14.3. The number of hydrogen-bond acceptors (Lipinski definition) is 5. The molecule has 2 aromatic carbocycles. The first-order valence-corrected chi connectivity index (χ1v) is 8.02. The minimum atomic E-state index is 0.368. The van der Waals surface area contributed by atoms with Gasteiger partial charge in [-0.3, -0.25) is 0 Å². The summed E-state index contributed by atoms with van der Waals surface area (Å²) < 4.78 is 7.61. The summed E-state index contributed by atoms with van der Waals surface area (Å²) in [6.07, 6.45) is 0. The Balaban J connectivity index is 1.72. The fourth-order valence-corrected chi connectivity index (χ4v) is 2.69. The Morgan fingerprint density at radius 2 is 1.52 bits per heavy atom. The zero-order valence-corrected chi connectivity index (χ0v) is 14.3. The molecule has 0 N–H and O–H groups in total. The van der Waals surface area contributed by atoms with Gasteiger partial charge in [0.05, 0.1) is 11.4 Å².